The van der Waals surface area contributed by atoms with Crippen molar-refractivity contribution < 1.29 is 33.7 Å². The maximum atomic E-state index is 12.7. The molecule has 0 bridgehead atoms. The van der Waals surface area contributed by atoms with E-state index < -0.39 is 22.9 Å². The summed E-state index contributed by atoms with van der Waals surface area (Å²) in [4.78, 5) is 12.7. The fourth-order valence-electron chi connectivity index (χ4n) is 3.22. The lowest BCUT2D eigenvalue weighted by atomic mass is 9.96. The van der Waals surface area contributed by atoms with E-state index >= 15 is 0 Å². The van der Waals surface area contributed by atoms with Gasteiger partial charge in [0.2, 0.25) is 5.91 Å². The number of hydrogen-bond donors (Lipinski definition) is 1. The SMILES string of the molecule is CC(C)(C)C(=O)NC[P+](c1ccccc1)(c1ccccc1)c1ccccc1.[O-][Cl+3]([O-])([O-])[O-]. The summed E-state index contributed by atoms with van der Waals surface area (Å²) in [5.41, 5.74) is -0.417. The Morgan fingerprint density at radius 3 is 1.25 bits per heavy atom. The van der Waals surface area contributed by atoms with Crippen LogP contribution in [0.25, 0.3) is 0 Å². The Kier molecular flexibility index (Phi) is 8.93. The molecule has 6 nitrogen and oxygen atoms in total. The van der Waals surface area contributed by atoms with E-state index in [4.69, 9.17) is 18.6 Å². The molecular formula is C24H27ClNO5P. The van der Waals surface area contributed by atoms with Crippen molar-refractivity contribution in [1.82, 2.24) is 5.32 Å². The molecule has 1 amide bonds. The van der Waals surface area contributed by atoms with Crippen LogP contribution in [0.15, 0.2) is 91.0 Å². The molecule has 0 saturated carbocycles. The maximum Gasteiger partial charge on any atom is 0.228 e. The van der Waals surface area contributed by atoms with Crippen LogP contribution in [0.5, 0.6) is 0 Å². The van der Waals surface area contributed by atoms with Gasteiger partial charge in [-0.25, -0.2) is 18.6 Å². The molecule has 0 unspecified atom stereocenters. The summed E-state index contributed by atoms with van der Waals surface area (Å²) in [7, 11) is -6.95. The van der Waals surface area contributed by atoms with Crippen LogP contribution in [0.2, 0.25) is 0 Å². The van der Waals surface area contributed by atoms with Crippen molar-refractivity contribution in [1.29, 1.82) is 0 Å². The summed E-state index contributed by atoms with van der Waals surface area (Å²) in [5.74, 6) is 0.0784. The molecule has 0 aliphatic heterocycles. The standard InChI is InChI=1S/C24H26NOP.ClHO4/c1-24(2,3)23(26)25-19-27(20-13-7-4-8-14-20,21-15-9-5-10-16-21)22-17-11-6-12-18-22;2-1(3,4)5/h4-18H,19H2,1-3H3;(H,2,3,4,5). The van der Waals surface area contributed by atoms with Crippen molar-refractivity contribution >= 4 is 29.1 Å². The number of benzene rings is 3. The zero-order valence-electron chi connectivity index (χ0n) is 18.2. The van der Waals surface area contributed by atoms with Gasteiger partial charge in [-0.3, -0.25) is 4.79 Å². The average Bonchev–Trinajstić information content (AvgIpc) is 2.74. The molecular weight excluding hydrogens is 449 g/mol. The lowest BCUT2D eigenvalue weighted by molar-refractivity contribution is -2.00. The van der Waals surface area contributed by atoms with Gasteiger partial charge in [-0.2, -0.15) is 0 Å². The van der Waals surface area contributed by atoms with E-state index in [0.717, 1.165) is 0 Å². The minimum atomic E-state index is -4.94. The second-order valence-electron chi connectivity index (χ2n) is 8.11. The van der Waals surface area contributed by atoms with E-state index in [1.807, 2.05) is 39.0 Å². The van der Waals surface area contributed by atoms with Gasteiger partial charge in [0.05, 0.1) is 0 Å². The minimum Gasteiger partial charge on any atom is -0.322 e. The summed E-state index contributed by atoms with van der Waals surface area (Å²) in [6.45, 7) is 5.86. The molecule has 0 fully saturated rings. The topological polar surface area (TPSA) is 121 Å². The Hall–Kier alpha value is -2.31. The molecule has 1 N–H and O–H groups in total. The monoisotopic (exact) mass is 475 g/mol. The molecule has 3 rings (SSSR count). The minimum absolute atomic E-state index is 0.0784. The summed E-state index contributed by atoms with van der Waals surface area (Å²) in [6.07, 6.45) is 0.612. The smallest absolute Gasteiger partial charge is 0.228 e. The van der Waals surface area contributed by atoms with Gasteiger partial charge in [0.25, 0.3) is 0 Å². The van der Waals surface area contributed by atoms with Crippen molar-refractivity contribution in [2.75, 3.05) is 6.29 Å². The number of halogens is 1. The lowest BCUT2D eigenvalue weighted by Crippen LogP contribution is -2.68. The van der Waals surface area contributed by atoms with Gasteiger partial charge in [-0.05, 0) is 36.4 Å². The third kappa shape index (κ3) is 7.38. The normalized spacial score (nSPS) is 11.8. The first-order valence-electron chi connectivity index (χ1n) is 9.89. The van der Waals surface area contributed by atoms with E-state index in [2.05, 4.69) is 78.1 Å². The van der Waals surface area contributed by atoms with E-state index in [0.29, 0.717) is 6.29 Å². The van der Waals surface area contributed by atoms with Crippen molar-refractivity contribution in [2.45, 2.75) is 20.8 Å². The number of hydrogen-bond acceptors (Lipinski definition) is 5. The fourth-order valence-corrected chi connectivity index (χ4v) is 7.09. The highest BCUT2D eigenvalue weighted by Crippen LogP contribution is 2.54. The lowest BCUT2D eigenvalue weighted by Gasteiger charge is -2.29. The van der Waals surface area contributed by atoms with Crippen molar-refractivity contribution in [3.63, 3.8) is 0 Å². The number of amides is 1. The summed E-state index contributed by atoms with van der Waals surface area (Å²) in [5, 5.41) is 7.09. The average molecular weight is 476 g/mol. The van der Waals surface area contributed by atoms with Gasteiger partial charge in [0, 0.05) is 5.41 Å². The van der Waals surface area contributed by atoms with E-state index in [9.17, 15) is 4.79 Å². The van der Waals surface area contributed by atoms with Crippen LogP contribution >= 0.6 is 7.26 Å². The number of nitrogens with one attached hydrogen (secondary N) is 1. The highest BCUT2D eigenvalue weighted by atomic mass is 35.7. The largest absolute Gasteiger partial charge is 0.322 e. The molecule has 0 saturated heterocycles. The molecule has 0 spiro atoms. The first kappa shape index (κ1) is 25.9. The van der Waals surface area contributed by atoms with Gasteiger partial charge in [-0.15, -0.1) is 10.2 Å². The molecule has 3 aromatic carbocycles. The van der Waals surface area contributed by atoms with Crippen LogP contribution in [0.3, 0.4) is 0 Å². The number of carbonyl (C=O) groups excluding carboxylic acids is 1. The quantitative estimate of drug-likeness (QED) is 0.491. The first-order valence-corrected chi connectivity index (χ1v) is 13.1. The van der Waals surface area contributed by atoms with Gasteiger partial charge in [-0.1, -0.05) is 75.4 Å². The van der Waals surface area contributed by atoms with Crippen LogP contribution in [-0.4, -0.2) is 12.2 Å². The molecule has 3 aromatic rings. The second-order valence-corrected chi connectivity index (χ2v) is 12.3. The summed E-state index contributed by atoms with van der Waals surface area (Å²) in [6, 6.07) is 31.8. The van der Waals surface area contributed by atoms with Gasteiger partial charge < -0.3 is 5.32 Å². The molecule has 0 heterocycles. The van der Waals surface area contributed by atoms with Gasteiger partial charge >= 0.3 is 0 Å². The molecule has 0 aliphatic rings. The number of rotatable bonds is 5. The molecule has 32 heavy (non-hydrogen) atoms. The fraction of sp³-hybridized carbons (Fsp3) is 0.208. The Morgan fingerprint density at radius 2 is 1.00 bits per heavy atom. The van der Waals surface area contributed by atoms with Crippen LogP contribution in [-0.2, 0) is 4.79 Å². The van der Waals surface area contributed by atoms with Crippen LogP contribution in [0, 0.1) is 15.7 Å². The highest BCUT2D eigenvalue weighted by molar-refractivity contribution is 7.95. The van der Waals surface area contributed by atoms with Gasteiger partial charge in [0.1, 0.15) is 29.5 Å². The third-order valence-electron chi connectivity index (χ3n) is 4.75. The first-order chi connectivity index (χ1) is 14.9. The van der Waals surface area contributed by atoms with E-state index in [1.54, 1.807) is 0 Å². The Bertz CT molecular complexity index is 871. The summed E-state index contributed by atoms with van der Waals surface area (Å²) >= 11 is 0. The predicted octanol–water partition coefficient (Wildman–Crippen LogP) is -0.656. The zero-order valence-corrected chi connectivity index (χ0v) is 19.9. The summed E-state index contributed by atoms with van der Waals surface area (Å²) < 4.78 is 34.0. The van der Waals surface area contributed by atoms with Crippen molar-refractivity contribution in [3.8, 4) is 0 Å². The highest BCUT2D eigenvalue weighted by Gasteiger charge is 2.46. The molecule has 8 heteroatoms. The van der Waals surface area contributed by atoms with Crippen molar-refractivity contribution in [3.05, 3.63) is 91.0 Å². The second kappa shape index (κ2) is 11.0. The molecule has 0 aliphatic carbocycles. The van der Waals surface area contributed by atoms with Crippen LogP contribution < -0.4 is 39.9 Å². The van der Waals surface area contributed by atoms with Crippen LogP contribution in [0.1, 0.15) is 20.8 Å². The number of carbonyl (C=O) groups is 1. The van der Waals surface area contributed by atoms with Crippen molar-refractivity contribution in [2.24, 2.45) is 5.41 Å². The van der Waals surface area contributed by atoms with E-state index in [-0.39, 0.29) is 5.91 Å². The Morgan fingerprint density at radius 1 is 0.719 bits per heavy atom. The molecule has 0 radical (unpaired) electrons. The zero-order chi connectivity index (χ0) is 23.8. The van der Waals surface area contributed by atoms with Crippen LogP contribution in [0.4, 0.5) is 0 Å². The third-order valence-corrected chi connectivity index (χ3v) is 8.92. The van der Waals surface area contributed by atoms with Gasteiger partial charge in [0.15, 0.2) is 0 Å². The molecule has 0 aromatic heterocycles. The predicted molar refractivity (Wildman–Crippen MR) is 118 cm³/mol. The molecule has 170 valence electrons. The Labute approximate surface area is 191 Å². The molecule has 0 atom stereocenters. The Balaban J connectivity index is 0.000000654. The maximum absolute atomic E-state index is 12.7. The van der Waals surface area contributed by atoms with E-state index in [1.165, 1.54) is 15.9 Å².